The van der Waals surface area contributed by atoms with E-state index >= 15 is 0 Å². The quantitative estimate of drug-likeness (QED) is 0.607. The van der Waals surface area contributed by atoms with Crippen LogP contribution >= 0.6 is 0 Å². The number of nitrogens with zero attached hydrogens (tertiary/aromatic N) is 1. The molecule has 2 heteroatoms. The van der Waals surface area contributed by atoms with Gasteiger partial charge in [-0.25, -0.2) is 0 Å². The normalized spacial score (nSPS) is 19.9. The van der Waals surface area contributed by atoms with Crippen molar-refractivity contribution in [2.45, 2.75) is 33.3 Å². The molecule has 2 nitrogen and oxygen atoms in total. The van der Waals surface area contributed by atoms with Crippen LogP contribution in [0.3, 0.4) is 0 Å². The molecule has 0 aromatic heterocycles. The summed E-state index contributed by atoms with van der Waals surface area (Å²) >= 11 is 0. The molecule has 0 aromatic carbocycles. The summed E-state index contributed by atoms with van der Waals surface area (Å²) in [6.45, 7) is 5.31. The molecule has 0 radical (unpaired) electrons. The predicted molar refractivity (Wildman–Crippen MR) is 35.7 cm³/mol. The lowest BCUT2D eigenvalue weighted by Gasteiger charge is -2.21. The first-order valence-electron chi connectivity index (χ1n) is 3.16. The van der Waals surface area contributed by atoms with Gasteiger partial charge in [0.05, 0.1) is 17.6 Å². The molecular weight excluding hydrogens is 114 g/mol. The smallest absolute Gasteiger partial charge is 0.0799 e. The Balaban J connectivity index is 4.14. The van der Waals surface area contributed by atoms with Gasteiger partial charge >= 0.3 is 0 Å². The zero-order valence-electron chi connectivity index (χ0n) is 6.18. The number of aliphatic hydroxyl groups excluding tert-OH is 1. The summed E-state index contributed by atoms with van der Waals surface area (Å²) in [6.07, 6.45) is 0.161. The lowest BCUT2D eigenvalue weighted by atomic mass is 9.84. The summed E-state index contributed by atoms with van der Waals surface area (Å²) in [4.78, 5) is 0. The van der Waals surface area contributed by atoms with Crippen molar-refractivity contribution >= 4 is 0 Å². The third kappa shape index (κ3) is 1.69. The Bertz CT molecular complexity index is 125. The summed E-state index contributed by atoms with van der Waals surface area (Å²) in [7, 11) is 0. The first kappa shape index (κ1) is 8.45. The van der Waals surface area contributed by atoms with Crippen LogP contribution in [-0.2, 0) is 0 Å². The van der Waals surface area contributed by atoms with Gasteiger partial charge in [-0.05, 0) is 20.3 Å². The molecule has 1 N–H and O–H groups in total. The van der Waals surface area contributed by atoms with Crippen LogP contribution in [0.2, 0.25) is 0 Å². The SMILES string of the molecule is CCC(C)(C#N)C(C)O. The van der Waals surface area contributed by atoms with Crippen LogP contribution in [-0.4, -0.2) is 11.2 Å². The van der Waals surface area contributed by atoms with Gasteiger partial charge in [0, 0.05) is 0 Å². The predicted octanol–water partition coefficient (Wildman–Crippen LogP) is 1.31. The Hall–Kier alpha value is -0.550. The molecule has 0 spiro atoms. The van der Waals surface area contributed by atoms with Crippen molar-refractivity contribution in [2.24, 2.45) is 5.41 Å². The van der Waals surface area contributed by atoms with E-state index in [1.165, 1.54) is 0 Å². The summed E-state index contributed by atoms with van der Waals surface area (Å²) < 4.78 is 0. The average molecular weight is 127 g/mol. The van der Waals surface area contributed by atoms with Crippen molar-refractivity contribution in [3.05, 3.63) is 0 Å². The van der Waals surface area contributed by atoms with Crippen LogP contribution in [0, 0.1) is 16.7 Å². The molecule has 0 saturated carbocycles. The Kier molecular flexibility index (Phi) is 2.66. The number of nitriles is 1. The molecule has 0 aliphatic heterocycles. The van der Waals surface area contributed by atoms with Gasteiger partial charge in [-0.15, -0.1) is 0 Å². The molecule has 0 aliphatic rings. The fourth-order valence-electron chi connectivity index (χ4n) is 0.468. The Morgan fingerprint density at radius 1 is 1.78 bits per heavy atom. The van der Waals surface area contributed by atoms with Crippen molar-refractivity contribution in [2.75, 3.05) is 0 Å². The molecule has 2 atom stereocenters. The Morgan fingerprint density at radius 3 is 2.22 bits per heavy atom. The zero-order chi connectivity index (χ0) is 7.49. The van der Waals surface area contributed by atoms with E-state index in [4.69, 9.17) is 10.4 Å². The van der Waals surface area contributed by atoms with Gasteiger partial charge in [-0.1, -0.05) is 6.92 Å². The molecule has 2 unspecified atom stereocenters. The average Bonchev–Trinajstić information content (AvgIpc) is 1.86. The lowest BCUT2D eigenvalue weighted by Crippen LogP contribution is -2.26. The van der Waals surface area contributed by atoms with E-state index in [1.54, 1.807) is 13.8 Å². The fraction of sp³-hybridized carbons (Fsp3) is 0.857. The number of hydrogen-bond donors (Lipinski definition) is 1. The number of aliphatic hydroxyl groups is 1. The molecule has 0 saturated heterocycles. The molecule has 9 heavy (non-hydrogen) atoms. The monoisotopic (exact) mass is 127 g/mol. The van der Waals surface area contributed by atoms with Crippen LogP contribution in [0.1, 0.15) is 27.2 Å². The second-order valence-corrected chi connectivity index (χ2v) is 2.56. The first-order valence-corrected chi connectivity index (χ1v) is 3.16. The van der Waals surface area contributed by atoms with Crippen LogP contribution in [0.4, 0.5) is 0 Å². The van der Waals surface area contributed by atoms with Crippen LogP contribution in [0.5, 0.6) is 0 Å². The number of hydrogen-bond acceptors (Lipinski definition) is 2. The van der Waals surface area contributed by atoms with Crippen molar-refractivity contribution in [1.29, 1.82) is 5.26 Å². The lowest BCUT2D eigenvalue weighted by molar-refractivity contribution is 0.0895. The van der Waals surface area contributed by atoms with Crippen LogP contribution < -0.4 is 0 Å². The zero-order valence-corrected chi connectivity index (χ0v) is 6.18. The molecule has 52 valence electrons. The highest BCUT2D eigenvalue weighted by Gasteiger charge is 2.26. The largest absolute Gasteiger partial charge is 0.392 e. The van der Waals surface area contributed by atoms with E-state index < -0.39 is 11.5 Å². The molecule has 0 aromatic rings. The minimum absolute atomic E-state index is 0.535. The molecule has 0 aliphatic carbocycles. The van der Waals surface area contributed by atoms with Crippen LogP contribution in [0.15, 0.2) is 0 Å². The Labute approximate surface area is 56.1 Å². The maximum Gasteiger partial charge on any atom is 0.0799 e. The maximum atomic E-state index is 9.05. The number of rotatable bonds is 2. The van der Waals surface area contributed by atoms with E-state index in [-0.39, 0.29) is 0 Å². The molecule has 0 heterocycles. The van der Waals surface area contributed by atoms with Gasteiger partial charge in [0.15, 0.2) is 0 Å². The van der Waals surface area contributed by atoms with Gasteiger partial charge in [-0.3, -0.25) is 0 Å². The van der Waals surface area contributed by atoms with Crippen molar-refractivity contribution in [1.82, 2.24) is 0 Å². The van der Waals surface area contributed by atoms with Crippen molar-refractivity contribution in [3.63, 3.8) is 0 Å². The second kappa shape index (κ2) is 2.84. The van der Waals surface area contributed by atoms with E-state index in [2.05, 4.69) is 6.07 Å². The topological polar surface area (TPSA) is 44.0 Å². The van der Waals surface area contributed by atoms with Gasteiger partial charge in [0.25, 0.3) is 0 Å². The highest BCUT2D eigenvalue weighted by molar-refractivity contribution is 4.97. The summed E-state index contributed by atoms with van der Waals surface area (Å²) in [5.74, 6) is 0. The standard InChI is InChI=1S/C7H13NO/c1-4-7(3,5-8)6(2)9/h6,9H,4H2,1-3H3. The third-order valence-corrected chi connectivity index (χ3v) is 1.91. The van der Waals surface area contributed by atoms with E-state index in [9.17, 15) is 0 Å². The minimum Gasteiger partial charge on any atom is -0.392 e. The Morgan fingerprint density at radius 2 is 2.22 bits per heavy atom. The minimum atomic E-state index is -0.556. The molecular formula is C7H13NO. The summed E-state index contributed by atoms with van der Waals surface area (Å²) in [5, 5.41) is 17.6. The third-order valence-electron chi connectivity index (χ3n) is 1.91. The fourth-order valence-corrected chi connectivity index (χ4v) is 0.468. The molecule has 0 fully saturated rings. The highest BCUT2D eigenvalue weighted by atomic mass is 16.3. The van der Waals surface area contributed by atoms with Gasteiger partial charge in [-0.2, -0.15) is 5.26 Å². The molecule has 0 amide bonds. The van der Waals surface area contributed by atoms with E-state index in [0.717, 1.165) is 0 Å². The first-order chi connectivity index (χ1) is 4.06. The van der Waals surface area contributed by atoms with Gasteiger partial charge in [0.1, 0.15) is 0 Å². The maximum absolute atomic E-state index is 9.05. The summed E-state index contributed by atoms with van der Waals surface area (Å²) in [6, 6.07) is 2.08. The van der Waals surface area contributed by atoms with Gasteiger partial charge in [0.2, 0.25) is 0 Å². The van der Waals surface area contributed by atoms with E-state index in [1.807, 2.05) is 6.92 Å². The van der Waals surface area contributed by atoms with Crippen LogP contribution in [0.25, 0.3) is 0 Å². The summed E-state index contributed by atoms with van der Waals surface area (Å²) in [5.41, 5.74) is -0.556. The van der Waals surface area contributed by atoms with Crippen molar-refractivity contribution in [3.8, 4) is 6.07 Å². The van der Waals surface area contributed by atoms with E-state index in [0.29, 0.717) is 6.42 Å². The van der Waals surface area contributed by atoms with Gasteiger partial charge < -0.3 is 5.11 Å². The highest BCUT2D eigenvalue weighted by Crippen LogP contribution is 2.23. The molecule has 0 rings (SSSR count). The van der Waals surface area contributed by atoms with Crippen molar-refractivity contribution < 1.29 is 5.11 Å². The molecule has 0 bridgehead atoms. The second-order valence-electron chi connectivity index (χ2n) is 2.56.